The molecule has 2 rings (SSSR count). The van der Waals surface area contributed by atoms with E-state index in [0.29, 0.717) is 0 Å². The van der Waals surface area contributed by atoms with Gasteiger partial charge in [-0.05, 0) is 19.9 Å². The summed E-state index contributed by atoms with van der Waals surface area (Å²) in [5.41, 5.74) is 0. The van der Waals surface area contributed by atoms with Crippen molar-refractivity contribution in [1.82, 2.24) is 9.80 Å². The molecule has 3 atom stereocenters. The lowest BCUT2D eigenvalue weighted by Gasteiger charge is -2.37. The van der Waals surface area contributed by atoms with Crippen LogP contribution in [-0.4, -0.2) is 59.0 Å². The van der Waals surface area contributed by atoms with Crippen molar-refractivity contribution in [2.45, 2.75) is 50.3 Å². The van der Waals surface area contributed by atoms with Crippen LogP contribution >= 0.6 is 0 Å². The van der Waals surface area contributed by atoms with Crippen LogP contribution in [0.15, 0.2) is 0 Å². The molecule has 0 aromatic carbocycles. The van der Waals surface area contributed by atoms with Crippen molar-refractivity contribution in [2.24, 2.45) is 0 Å². The average Bonchev–Trinajstić information content (AvgIpc) is 2.57. The molecule has 1 saturated heterocycles. The summed E-state index contributed by atoms with van der Waals surface area (Å²) in [5.74, 6) is -0.271. The lowest BCUT2D eigenvalue weighted by Crippen LogP contribution is -2.50. The lowest BCUT2D eigenvalue weighted by atomic mass is 9.90. The van der Waals surface area contributed by atoms with E-state index in [4.69, 9.17) is 0 Å². The van der Waals surface area contributed by atoms with Gasteiger partial charge in [0, 0.05) is 13.1 Å². The summed E-state index contributed by atoms with van der Waals surface area (Å²) in [6, 6.07) is -0.373. The Kier molecular flexibility index (Phi) is 3.49. The molecule has 2 aliphatic rings. The lowest BCUT2D eigenvalue weighted by molar-refractivity contribution is -0.138. The highest BCUT2D eigenvalue weighted by molar-refractivity contribution is 6.05. The number of amides is 2. The van der Waals surface area contributed by atoms with Crippen LogP contribution in [0, 0.1) is 0 Å². The summed E-state index contributed by atoms with van der Waals surface area (Å²) in [5, 5.41) is 9.97. The molecule has 0 aromatic rings. The van der Waals surface area contributed by atoms with Crippen molar-refractivity contribution in [3.8, 4) is 0 Å². The number of carbonyl (C=O) groups is 2. The fourth-order valence-corrected chi connectivity index (χ4v) is 2.85. The Hall–Kier alpha value is -0.940. The minimum Gasteiger partial charge on any atom is -0.391 e. The van der Waals surface area contributed by atoms with Gasteiger partial charge in [0.05, 0.1) is 18.6 Å². The molecule has 3 unspecified atom stereocenters. The third kappa shape index (κ3) is 2.21. The second-order valence-corrected chi connectivity index (χ2v) is 5.10. The van der Waals surface area contributed by atoms with Crippen molar-refractivity contribution in [3.63, 3.8) is 0 Å². The van der Waals surface area contributed by atoms with Gasteiger partial charge in [-0.15, -0.1) is 0 Å². The normalized spacial score (nSPS) is 34.8. The zero-order chi connectivity index (χ0) is 12.6. The number of imide groups is 1. The fraction of sp³-hybridized carbons (Fsp3) is 0.833. The SMILES string of the molecule is CN1C(=O)CC(N(C)C2CCCCC2O)C1=O. The quantitative estimate of drug-likeness (QED) is 0.689. The van der Waals surface area contributed by atoms with Crippen LogP contribution in [-0.2, 0) is 9.59 Å². The maximum atomic E-state index is 11.9. The van der Waals surface area contributed by atoms with Gasteiger partial charge in [-0.2, -0.15) is 0 Å². The molecule has 2 amide bonds. The summed E-state index contributed by atoms with van der Waals surface area (Å²) < 4.78 is 0. The number of hydrogen-bond acceptors (Lipinski definition) is 4. The van der Waals surface area contributed by atoms with E-state index in [2.05, 4.69) is 0 Å². The van der Waals surface area contributed by atoms with Crippen LogP contribution in [0.4, 0.5) is 0 Å². The average molecular weight is 240 g/mol. The number of likely N-dealkylation sites (tertiary alicyclic amines) is 1. The van der Waals surface area contributed by atoms with Gasteiger partial charge in [-0.3, -0.25) is 19.4 Å². The molecule has 1 aliphatic carbocycles. The fourth-order valence-electron chi connectivity index (χ4n) is 2.85. The molecule has 1 aliphatic heterocycles. The van der Waals surface area contributed by atoms with Gasteiger partial charge in [0.2, 0.25) is 11.8 Å². The molecule has 1 saturated carbocycles. The Morgan fingerprint density at radius 1 is 1.29 bits per heavy atom. The van der Waals surface area contributed by atoms with E-state index in [1.54, 1.807) is 0 Å². The van der Waals surface area contributed by atoms with Crippen LogP contribution in [0.2, 0.25) is 0 Å². The van der Waals surface area contributed by atoms with Crippen LogP contribution in [0.3, 0.4) is 0 Å². The molecule has 0 radical (unpaired) electrons. The topological polar surface area (TPSA) is 60.9 Å². The van der Waals surface area contributed by atoms with E-state index in [9.17, 15) is 14.7 Å². The first-order valence-corrected chi connectivity index (χ1v) is 6.22. The highest BCUT2D eigenvalue weighted by Gasteiger charge is 2.42. The van der Waals surface area contributed by atoms with Crippen LogP contribution in [0.1, 0.15) is 32.1 Å². The van der Waals surface area contributed by atoms with Crippen LogP contribution in [0.5, 0.6) is 0 Å². The number of carbonyl (C=O) groups excluding carboxylic acids is 2. The van der Waals surface area contributed by atoms with Gasteiger partial charge in [0.15, 0.2) is 0 Å². The third-order valence-corrected chi connectivity index (χ3v) is 4.07. The first-order chi connectivity index (χ1) is 8.02. The van der Waals surface area contributed by atoms with Crippen LogP contribution < -0.4 is 0 Å². The predicted molar refractivity (Wildman–Crippen MR) is 62.2 cm³/mol. The number of likely N-dealkylation sites (N-methyl/N-ethyl adjacent to an activating group) is 2. The molecule has 0 spiro atoms. The zero-order valence-corrected chi connectivity index (χ0v) is 10.4. The monoisotopic (exact) mass is 240 g/mol. The van der Waals surface area contributed by atoms with E-state index in [1.807, 2.05) is 11.9 Å². The Bertz CT molecular complexity index is 332. The zero-order valence-electron chi connectivity index (χ0n) is 10.4. The molecular weight excluding hydrogens is 220 g/mol. The minimum absolute atomic E-state index is 0.0111. The van der Waals surface area contributed by atoms with Gasteiger partial charge in [-0.25, -0.2) is 0 Å². The van der Waals surface area contributed by atoms with Gasteiger partial charge >= 0.3 is 0 Å². The Labute approximate surface area is 101 Å². The molecule has 0 bridgehead atoms. The standard InChI is InChI=1S/C12H20N2O3/c1-13(8-5-3-4-6-10(8)15)9-7-11(16)14(2)12(9)17/h8-10,15H,3-7H2,1-2H3. The Morgan fingerprint density at radius 3 is 2.47 bits per heavy atom. The largest absolute Gasteiger partial charge is 0.391 e. The number of aliphatic hydroxyl groups excluding tert-OH is 1. The van der Waals surface area contributed by atoms with Crippen LogP contribution in [0.25, 0.3) is 0 Å². The summed E-state index contributed by atoms with van der Waals surface area (Å²) in [6.45, 7) is 0. The van der Waals surface area contributed by atoms with E-state index in [1.165, 1.54) is 11.9 Å². The first kappa shape index (κ1) is 12.5. The summed E-state index contributed by atoms with van der Waals surface area (Å²) >= 11 is 0. The maximum Gasteiger partial charge on any atom is 0.246 e. The number of hydrogen-bond donors (Lipinski definition) is 1. The Morgan fingerprint density at radius 2 is 1.94 bits per heavy atom. The first-order valence-electron chi connectivity index (χ1n) is 6.22. The summed E-state index contributed by atoms with van der Waals surface area (Å²) in [4.78, 5) is 26.5. The smallest absolute Gasteiger partial charge is 0.246 e. The Balaban J connectivity index is 2.07. The van der Waals surface area contributed by atoms with Gasteiger partial charge in [0.1, 0.15) is 0 Å². The van der Waals surface area contributed by atoms with Gasteiger partial charge in [0.25, 0.3) is 0 Å². The van der Waals surface area contributed by atoms with E-state index >= 15 is 0 Å². The maximum absolute atomic E-state index is 11.9. The molecular formula is C12H20N2O3. The third-order valence-electron chi connectivity index (χ3n) is 4.07. The molecule has 5 heteroatoms. The molecule has 17 heavy (non-hydrogen) atoms. The molecule has 96 valence electrons. The van der Waals surface area contributed by atoms with Crippen molar-refractivity contribution < 1.29 is 14.7 Å². The number of rotatable bonds is 2. The molecule has 1 heterocycles. The number of aliphatic hydroxyl groups is 1. The molecule has 1 N–H and O–H groups in total. The van der Waals surface area contributed by atoms with Gasteiger partial charge < -0.3 is 5.11 Å². The second-order valence-electron chi connectivity index (χ2n) is 5.10. The summed E-state index contributed by atoms with van der Waals surface area (Å²) in [6.07, 6.45) is 3.69. The predicted octanol–water partition coefficient (Wildman–Crippen LogP) is -0.0210. The van der Waals surface area contributed by atoms with E-state index in [0.717, 1.165) is 25.7 Å². The van der Waals surface area contributed by atoms with E-state index in [-0.39, 0.29) is 36.4 Å². The highest BCUT2D eigenvalue weighted by atomic mass is 16.3. The van der Waals surface area contributed by atoms with Crippen molar-refractivity contribution in [3.05, 3.63) is 0 Å². The van der Waals surface area contributed by atoms with E-state index < -0.39 is 0 Å². The molecule has 5 nitrogen and oxygen atoms in total. The number of nitrogens with zero attached hydrogens (tertiary/aromatic N) is 2. The summed E-state index contributed by atoms with van der Waals surface area (Å²) in [7, 11) is 3.37. The van der Waals surface area contributed by atoms with Crippen molar-refractivity contribution in [1.29, 1.82) is 0 Å². The highest BCUT2D eigenvalue weighted by Crippen LogP contribution is 2.26. The van der Waals surface area contributed by atoms with Crippen molar-refractivity contribution in [2.75, 3.05) is 14.1 Å². The minimum atomic E-state index is -0.384. The second kappa shape index (κ2) is 4.74. The molecule has 2 fully saturated rings. The molecule has 0 aromatic heterocycles. The van der Waals surface area contributed by atoms with Gasteiger partial charge in [-0.1, -0.05) is 12.8 Å². The van der Waals surface area contributed by atoms with Crippen molar-refractivity contribution >= 4 is 11.8 Å².